The topological polar surface area (TPSA) is 59.8 Å². The van der Waals surface area contributed by atoms with Crippen LogP contribution in [-0.4, -0.2) is 20.7 Å². The average Bonchev–Trinajstić information content (AvgIpc) is 2.85. The van der Waals surface area contributed by atoms with Crippen molar-refractivity contribution in [1.29, 1.82) is 0 Å². The maximum absolute atomic E-state index is 12.1. The Morgan fingerprint density at radius 1 is 1.42 bits per heavy atom. The summed E-state index contributed by atoms with van der Waals surface area (Å²) in [5.41, 5.74) is 3.12. The summed E-state index contributed by atoms with van der Waals surface area (Å²) in [5, 5.41) is 6.95. The number of rotatable bonds is 4. The second kappa shape index (κ2) is 5.65. The van der Waals surface area contributed by atoms with E-state index in [1.807, 2.05) is 32.9 Å². The van der Waals surface area contributed by atoms with E-state index >= 15 is 0 Å². The van der Waals surface area contributed by atoms with E-state index < -0.39 is 0 Å². The Kier molecular flexibility index (Phi) is 3.94. The maximum atomic E-state index is 12.1. The summed E-state index contributed by atoms with van der Waals surface area (Å²) in [4.78, 5) is 16.0. The number of aryl methyl sites for hydroxylation is 2. The normalized spacial score (nSPS) is 12.2. The number of hydrogen-bond donors (Lipinski definition) is 1. The summed E-state index contributed by atoms with van der Waals surface area (Å²) in [5.74, 6) is -0.176. The molecular weight excluding hydrogens is 240 g/mol. The first kappa shape index (κ1) is 13.3. The smallest absolute Gasteiger partial charge is 0.229 e. The lowest BCUT2D eigenvalue weighted by atomic mass is 10.1. The molecule has 0 aliphatic heterocycles. The van der Waals surface area contributed by atoms with Crippen molar-refractivity contribution in [3.05, 3.63) is 42.0 Å². The molecule has 0 unspecified atom stereocenters. The van der Waals surface area contributed by atoms with Gasteiger partial charge in [0.05, 0.1) is 12.5 Å². The molecule has 0 aliphatic rings. The molecule has 2 aromatic rings. The number of nitrogens with zero attached hydrogens (tertiary/aromatic N) is 3. The summed E-state index contributed by atoms with van der Waals surface area (Å²) in [6, 6.07) is 5.98. The molecule has 1 aromatic heterocycles. The molecule has 0 fully saturated rings. The van der Waals surface area contributed by atoms with Gasteiger partial charge in [0.1, 0.15) is 12.7 Å². The molecule has 0 saturated heterocycles. The van der Waals surface area contributed by atoms with Crippen molar-refractivity contribution in [1.82, 2.24) is 14.8 Å². The highest BCUT2D eigenvalue weighted by Crippen LogP contribution is 2.17. The zero-order chi connectivity index (χ0) is 13.8. The van der Waals surface area contributed by atoms with Gasteiger partial charge in [0.25, 0.3) is 0 Å². The molecule has 100 valence electrons. The van der Waals surface area contributed by atoms with Crippen LogP contribution in [0.5, 0.6) is 0 Å². The minimum Gasteiger partial charge on any atom is -0.326 e. The van der Waals surface area contributed by atoms with Gasteiger partial charge in [-0.15, -0.1) is 0 Å². The van der Waals surface area contributed by atoms with Gasteiger partial charge in [-0.25, -0.2) is 4.98 Å². The van der Waals surface area contributed by atoms with Crippen LogP contribution in [0.4, 0.5) is 5.69 Å². The van der Waals surface area contributed by atoms with E-state index in [1.54, 1.807) is 11.0 Å². The molecule has 5 nitrogen and oxygen atoms in total. The van der Waals surface area contributed by atoms with E-state index in [9.17, 15) is 4.79 Å². The fourth-order valence-corrected chi connectivity index (χ4v) is 1.90. The highest BCUT2D eigenvalue weighted by molar-refractivity contribution is 5.93. The van der Waals surface area contributed by atoms with Crippen LogP contribution in [0.3, 0.4) is 0 Å². The molecule has 2 rings (SSSR count). The van der Waals surface area contributed by atoms with Gasteiger partial charge >= 0.3 is 0 Å². The molecule has 0 saturated carbocycles. The number of amides is 1. The Balaban J connectivity index is 2.00. The summed E-state index contributed by atoms with van der Waals surface area (Å²) in [6.45, 7) is 6.42. The summed E-state index contributed by atoms with van der Waals surface area (Å²) in [6.07, 6.45) is 3.08. The van der Waals surface area contributed by atoms with Crippen molar-refractivity contribution < 1.29 is 4.79 Å². The van der Waals surface area contributed by atoms with Crippen LogP contribution in [0, 0.1) is 19.8 Å². The number of hydrogen-bond acceptors (Lipinski definition) is 3. The number of carbonyl (C=O) groups excluding carboxylic acids is 1. The van der Waals surface area contributed by atoms with Crippen LogP contribution >= 0.6 is 0 Å². The predicted octanol–water partition coefficient (Wildman–Crippen LogP) is 2.17. The molecular formula is C14H18N4O. The standard InChI is InChI=1S/C14H18N4O/c1-10-4-5-13(11(2)6-10)17-14(19)12(3)7-18-9-15-8-16-18/h4-6,8-9,12H,7H2,1-3H3,(H,17,19)/t12-/m1/s1. The third-order valence-electron chi connectivity index (χ3n) is 3.01. The Hall–Kier alpha value is -2.17. The van der Waals surface area contributed by atoms with Crippen molar-refractivity contribution in [3.8, 4) is 0 Å². The van der Waals surface area contributed by atoms with Crippen molar-refractivity contribution in [2.24, 2.45) is 5.92 Å². The first-order chi connectivity index (χ1) is 9.06. The Morgan fingerprint density at radius 2 is 2.21 bits per heavy atom. The number of carbonyl (C=O) groups is 1. The third kappa shape index (κ3) is 3.40. The molecule has 1 N–H and O–H groups in total. The highest BCUT2D eigenvalue weighted by Gasteiger charge is 2.14. The zero-order valence-corrected chi connectivity index (χ0v) is 11.4. The molecule has 1 aromatic carbocycles. The fraction of sp³-hybridized carbons (Fsp3) is 0.357. The van der Waals surface area contributed by atoms with Crippen molar-refractivity contribution in [2.45, 2.75) is 27.3 Å². The lowest BCUT2D eigenvalue weighted by Crippen LogP contribution is -2.25. The summed E-state index contributed by atoms with van der Waals surface area (Å²) >= 11 is 0. The Bertz CT molecular complexity index is 563. The van der Waals surface area contributed by atoms with Gasteiger partial charge in [0.2, 0.25) is 5.91 Å². The van der Waals surface area contributed by atoms with E-state index in [4.69, 9.17) is 0 Å². The van der Waals surface area contributed by atoms with Crippen LogP contribution < -0.4 is 5.32 Å². The largest absolute Gasteiger partial charge is 0.326 e. The number of benzene rings is 1. The van der Waals surface area contributed by atoms with Gasteiger partial charge in [-0.3, -0.25) is 9.48 Å². The van der Waals surface area contributed by atoms with E-state index in [0.29, 0.717) is 6.54 Å². The van der Waals surface area contributed by atoms with Crippen molar-refractivity contribution in [3.63, 3.8) is 0 Å². The monoisotopic (exact) mass is 258 g/mol. The van der Waals surface area contributed by atoms with Crippen molar-refractivity contribution in [2.75, 3.05) is 5.32 Å². The van der Waals surface area contributed by atoms with E-state index in [-0.39, 0.29) is 11.8 Å². The lowest BCUT2D eigenvalue weighted by molar-refractivity contribution is -0.119. The second-order valence-corrected chi connectivity index (χ2v) is 4.83. The molecule has 0 spiro atoms. The molecule has 1 heterocycles. The quantitative estimate of drug-likeness (QED) is 0.914. The van der Waals surface area contributed by atoms with Gasteiger partial charge in [0.15, 0.2) is 0 Å². The van der Waals surface area contributed by atoms with Crippen molar-refractivity contribution >= 4 is 11.6 Å². The average molecular weight is 258 g/mol. The van der Waals surface area contributed by atoms with E-state index in [0.717, 1.165) is 11.3 Å². The number of nitrogens with one attached hydrogen (secondary N) is 1. The van der Waals surface area contributed by atoms with Crippen LogP contribution in [0.2, 0.25) is 0 Å². The Labute approximate surface area is 112 Å². The minimum absolute atomic E-state index is 0.0116. The molecule has 19 heavy (non-hydrogen) atoms. The van der Waals surface area contributed by atoms with Crippen LogP contribution in [-0.2, 0) is 11.3 Å². The third-order valence-corrected chi connectivity index (χ3v) is 3.01. The Morgan fingerprint density at radius 3 is 2.84 bits per heavy atom. The van der Waals surface area contributed by atoms with E-state index in [1.165, 1.54) is 11.9 Å². The maximum Gasteiger partial charge on any atom is 0.229 e. The first-order valence-electron chi connectivity index (χ1n) is 6.27. The fourth-order valence-electron chi connectivity index (χ4n) is 1.90. The minimum atomic E-state index is -0.164. The molecule has 0 aliphatic carbocycles. The highest BCUT2D eigenvalue weighted by atomic mass is 16.1. The molecule has 0 bridgehead atoms. The molecule has 5 heteroatoms. The van der Waals surface area contributed by atoms with Gasteiger partial charge < -0.3 is 5.32 Å². The lowest BCUT2D eigenvalue weighted by Gasteiger charge is -2.14. The zero-order valence-electron chi connectivity index (χ0n) is 11.4. The number of aromatic nitrogens is 3. The summed E-state index contributed by atoms with van der Waals surface area (Å²) in [7, 11) is 0. The first-order valence-corrected chi connectivity index (χ1v) is 6.27. The predicted molar refractivity (Wildman–Crippen MR) is 73.7 cm³/mol. The molecule has 1 amide bonds. The SMILES string of the molecule is Cc1ccc(NC(=O)[C@H](C)Cn2cncn2)c(C)c1. The number of anilines is 1. The van der Waals surface area contributed by atoms with Gasteiger partial charge in [-0.1, -0.05) is 24.6 Å². The van der Waals surface area contributed by atoms with E-state index in [2.05, 4.69) is 21.5 Å². The second-order valence-electron chi connectivity index (χ2n) is 4.83. The van der Waals surface area contributed by atoms with Gasteiger partial charge in [-0.05, 0) is 25.5 Å². The molecule has 0 radical (unpaired) electrons. The van der Waals surface area contributed by atoms with Crippen LogP contribution in [0.25, 0.3) is 0 Å². The van der Waals surface area contributed by atoms with Gasteiger partial charge in [-0.2, -0.15) is 5.10 Å². The van der Waals surface area contributed by atoms with Crippen LogP contribution in [0.1, 0.15) is 18.1 Å². The summed E-state index contributed by atoms with van der Waals surface area (Å²) < 4.78 is 1.66. The molecule has 1 atom stereocenters. The van der Waals surface area contributed by atoms with Gasteiger partial charge in [0, 0.05) is 5.69 Å². The van der Waals surface area contributed by atoms with Crippen LogP contribution in [0.15, 0.2) is 30.9 Å².